The van der Waals surface area contributed by atoms with Crippen LogP contribution >= 0.6 is 15.9 Å². The molecule has 1 rings (SSSR count). The fourth-order valence-electron chi connectivity index (χ4n) is 1.23. The quantitative estimate of drug-likeness (QED) is 0.707. The second-order valence-electron chi connectivity index (χ2n) is 4.05. The van der Waals surface area contributed by atoms with Gasteiger partial charge in [-0.25, -0.2) is 0 Å². The van der Waals surface area contributed by atoms with Crippen molar-refractivity contribution in [3.8, 4) is 6.07 Å². The van der Waals surface area contributed by atoms with E-state index in [2.05, 4.69) is 47.7 Å². The van der Waals surface area contributed by atoms with Gasteiger partial charge in [-0.05, 0) is 23.4 Å². The maximum atomic E-state index is 8.93. The number of rotatable bonds is 1. The lowest BCUT2D eigenvalue weighted by Crippen LogP contribution is -2.39. The Morgan fingerprint density at radius 2 is 1.92 bits per heavy atom. The lowest BCUT2D eigenvalue weighted by atomic mass is 10.2. The summed E-state index contributed by atoms with van der Waals surface area (Å²) in [6, 6.07) is 8.12. The molecule has 0 saturated heterocycles. The SMILES string of the molecule is C[Si](C)(C)c1cc(Br)ccc1C#N. The normalized spacial score (nSPS) is 11.0. The largest absolute Gasteiger partial charge is 0.192 e. The van der Waals surface area contributed by atoms with Crippen LogP contribution in [0.25, 0.3) is 0 Å². The second-order valence-corrected chi connectivity index (χ2v) is 10.0. The van der Waals surface area contributed by atoms with Crippen molar-refractivity contribution in [3.63, 3.8) is 0 Å². The molecule has 0 bridgehead atoms. The molecule has 0 radical (unpaired) electrons. The molecule has 0 aromatic heterocycles. The zero-order chi connectivity index (χ0) is 10.1. The molecule has 0 amide bonds. The molecule has 0 unspecified atom stereocenters. The molecular weight excluding hydrogens is 242 g/mol. The topological polar surface area (TPSA) is 23.8 Å². The van der Waals surface area contributed by atoms with Crippen LogP contribution in [-0.4, -0.2) is 8.07 Å². The van der Waals surface area contributed by atoms with E-state index in [9.17, 15) is 0 Å². The Labute approximate surface area is 88.5 Å². The van der Waals surface area contributed by atoms with Gasteiger partial charge in [0, 0.05) is 4.47 Å². The van der Waals surface area contributed by atoms with Crippen LogP contribution < -0.4 is 5.19 Å². The zero-order valence-electron chi connectivity index (χ0n) is 8.06. The molecule has 1 aromatic carbocycles. The zero-order valence-corrected chi connectivity index (χ0v) is 10.6. The van der Waals surface area contributed by atoms with Gasteiger partial charge in [0.1, 0.15) is 0 Å². The minimum atomic E-state index is -1.38. The first-order valence-corrected chi connectivity index (χ1v) is 8.44. The number of hydrogen-bond acceptors (Lipinski definition) is 1. The van der Waals surface area contributed by atoms with Gasteiger partial charge in [-0.1, -0.05) is 35.6 Å². The van der Waals surface area contributed by atoms with Crippen molar-refractivity contribution in [2.45, 2.75) is 19.6 Å². The fourth-order valence-corrected chi connectivity index (χ4v) is 3.34. The second kappa shape index (κ2) is 3.65. The number of hydrogen-bond donors (Lipinski definition) is 0. The molecule has 0 aliphatic carbocycles. The van der Waals surface area contributed by atoms with Crippen LogP contribution in [-0.2, 0) is 0 Å². The molecule has 0 heterocycles. The van der Waals surface area contributed by atoms with Crippen LogP contribution in [0.3, 0.4) is 0 Å². The summed E-state index contributed by atoms with van der Waals surface area (Å²) in [6.07, 6.45) is 0. The van der Waals surface area contributed by atoms with Crippen LogP contribution in [0.15, 0.2) is 22.7 Å². The van der Waals surface area contributed by atoms with Crippen LogP contribution in [0.4, 0.5) is 0 Å². The minimum absolute atomic E-state index is 0.822. The first-order chi connectivity index (χ1) is 5.95. The minimum Gasteiger partial charge on any atom is -0.192 e. The highest BCUT2D eigenvalue weighted by Crippen LogP contribution is 2.13. The molecule has 0 fully saturated rings. The molecule has 1 nitrogen and oxygen atoms in total. The highest BCUT2D eigenvalue weighted by atomic mass is 79.9. The third-order valence-corrected chi connectivity index (χ3v) is 4.43. The van der Waals surface area contributed by atoms with E-state index in [0.29, 0.717) is 0 Å². The maximum Gasteiger partial charge on any atom is 0.0990 e. The van der Waals surface area contributed by atoms with Crippen molar-refractivity contribution in [3.05, 3.63) is 28.2 Å². The van der Waals surface area contributed by atoms with E-state index in [-0.39, 0.29) is 0 Å². The molecule has 1 aromatic rings. The Morgan fingerprint density at radius 3 is 2.38 bits per heavy atom. The van der Waals surface area contributed by atoms with Crippen molar-refractivity contribution in [2.75, 3.05) is 0 Å². The van der Waals surface area contributed by atoms with Gasteiger partial charge in [-0.3, -0.25) is 0 Å². The van der Waals surface area contributed by atoms with Crippen molar-refractivity contribution < 1.29 is 0 Å². The summed E-state index contributed by atoms with van der Waals surface area (Å²) in [7, 11) is -1.38. The lowest BCUT2D eigenvalue weighted by Gasteiger charge is -2.18. The number of halogens is 1. The van der Waals surface area contributed by atoms with Gasteiger partial charge in [0.25, 0.3) is 0 Å². The first kappa shape index (κ1) is 10.5. The Balaban J connectivity index is 3.35. The van der Waals surface area contributed by atoms with Gasteiger partial charge in [0.15, 0.2) is 0 Å². The van der Waals surface area contributed by atoms with Crippen LogP contribution in [0, 0.1) is 11.3 Å². The van der Waals surface area contributed by atoms with Crippen molar-refractivity contribution in [1.82, 2.24) is 0 Å². The summed E-state index contributed by atoms with van der Waals surface area (Å²) in [5, 5.41) is 10.2. The molecular formula is C10H12BrNSi. The van der Waals surface area contributed by atoms with Gasteiger partial charge in [-0.2, -0.15) is 5.26 Å². The molecule has 0 atom stereocenters. The van der Waals surface area contributed by atoms with E-state index >= 15 is 0 Å². The van der Waals surface area contributed by atoms with Crippen LogP contribution in [0.1, 0.15) is 5.56 Å². The average Bonchev–Trinajstić information content (AvgIpc) is 2.03. The molecule has 0 aliphatic rings. The summed E-state index contributed by atoms with van der Waals surface area (Å²) < 4.78 is 1.06. The molecule has 0 aliphatic heterocycles. The van der Waals surface area contributed by atoms with Crippen LogP contribution in [0.2, 0.25) is 19.6 Å². The molecule has 13 heavy (non-hydrogen) atoms. The monoisotopic (exact) mass is 253 g/mol. The summed E-state index contributed by atoms with van der Waals surface area (Å²) in [6.45, 7) is 6.74. The number of nitrogens with zero attached hydrogens (tertiary/aromatic N) is 1. The first-order valence-electron chi connectivity index (χ1n) is 4.15. The number of nitriles is 1. The molecule has 0 N–H and O–H groups in total. The highest BCUT2D eigenvalue weighted by molar-refractivity contribution is 9.10. The molecule has 3 heteroatoms. The maximum absolute atomic E-state index is 8.93. The number of benzene rings is 1. The Kier molecular flexibility index (Phi) is 2.94. The van der Waals surface area contributed by atoms with E-state index in [1.165, 1.54) is 5.19 Å². The van der Waals surface area contributed by atoms with E-state index in [1.54, 1.807) is 0 Å². The highest BCUT2D eigenvalue weighted by Gasteiger charge is 2.20. The fraction of sp³-hybridized carbons (Fsp3) is 0.300. The van der Waals surface area contributed by atoms with E-state index in [1.807, 2.05) is 12.1 Å². The lowest BCUT2D eigenvalue weighted by molar-refractivity contribution is 1.48. The third kappa shape index (κ3) is 2.42. The summed E-state index contributed by atoms with van der Waals surface area (Å²) in [5.74, 6) is 0. The van der Waals surface area contributed by atoms with Gasteiger partial charge in [-0.15, -0.1) is 0 Å². The van der Waals surface area contributed by atoms with Gasteiger partial charge < -0.3 is 0 Å². The average molecular weight is 254 g/mol. The van der Waals surface area contributed by atoms with Crippen LogP contribution in [0.5, 0.6) is 0 Å². The van der Waals surface area contributed by atoms with Gasteiger partial charge in [0.05, 0.1) is 19.7 Å². The predicted molar refractivity (Wildman–Crippen MR) is 61.8 cm³/mol. The van der Waals surface area contributed by atoms with E-state index in [4.69, 9.17) is 5.26 Å². The summed E-state index contributed by atoms with van der Waals surface area (Å²) in [4.78, 5) is 0. The van der Waals surface area contributed by atoms with E-state index in [0.717, 1.165) is 10.0 Å². The van der Waals surface area contributed by atoms with Crippen molar-refractivity contribution >= 4 is 29.2 Å². The van der Waals surface area contributed by atoms with Gasteiger partial charge >= 0.3 is 0 Å². The van der Waals surface area contributed by atoms with Gasteiger partial charge in [0.2, 0.25) is 0 Å². The predicted octanol–water partition coefficient (Wildman–Crippen LogP) is 2.87. The van der Waals surface area contributed by atoms with Crippen molar-refractivity contribution in [2.24, 2.45) is 0 Å². The summed E-state index contributed by atoms with van der Waals surface area (Å²) >= 11 is 3.43. The Morgan fingerprint density at radius 1 is 1.31 bits per heavy atom. The Hall–Kier alpha value is -0.593. The molecule has 0 spiro atoms. The molecule has 0 saturated carbocycles. The standard InChI is InChI=1S/C10H12BrNSi/c1-13(2,3)10-6-9(11)5-4-8(10)7-12/h4-6H,1-3H3. The smallest absolute Gasteiger partial charge is 0.0990 e. The molecule has 68 valence electrons. The summed E-state index contributed by atoms with van der Waals surface area (Å²) in [5.41, 5.74) is 0.822. The van der Waals surface area contributed by atoms with Crippen molar-refractivity contribution in [1.29, 1.82) is 5.26 Å². The van der Waals surface area contributed by atoms with E-state index < -0.39 is 8.07 Å². The third-order valence-electron chi connectivity index (χ3n) is 1.91. The Bertz CT molecular complexity index is 360.